The molecule has 0 radical (unpaired) electrons. The maximum absolute atomic E-state index is 5.94. The van der Waals surface area contributed by atoms with Crippen LogP contribution < -0.4 is 0 Å². The number of rotatable bonds is 1. The van der Waals surface area contributed by atoms with Crippen molar-refractivity contribution in [2.45, 2.75) is 13.3 Å². The molecule has 3 aromatic rings. The third kappa shape index (κ3) is 1.98. The summed E-state index contributed by atoms with van der Waals surface area (Å²) in [6, 6.07) is 14.5. The molecule has 2 aliphatic rings. The molecule has 1 atom stereocenters. The molecule has 0 N–H and O–H groups in total. The second-order valence-corrected chi connectivity index (χ2v) is 6.27. The van der Waals surface area contributed by atoms with Crippen LogP contribution in [0.2, 0.25) is 0 Å². The number of benzene rings is 2. The molecule has 0 fully saturated rings. The molecule has 116 valence electrons. The maximum Gasteiger partial charge on any atom is 0.135 e. The number of furan rings is 1. The van der Waals surface area contributed by atoms with Gasteiger partial charge in [0.1, 0.15) is 17.0 Å². The van der Waals surface area contributed by atoms with Crippen molar-refractivity contribution in [2.24, 2.45) is 15.9 Å². The van der Waals surface area contributed by atoms with E-state index in [-0.39, 0.29) is 5.92 Å². The smallest absolute Gasteiger partial charge is 0.135 e. The van der Waals surface area contributed by atoms with Crippen LogP contribution in [0.1, 0.15) is 18.9 Å². The van der Waals surface area contributed by atoms with Gasteiger partial charge in [0.05, 0.1) is 11.4 Å². The fourth-order valence-corrected chi connectivity index (χ4v) is 3.60. The molecule has 0 bridgehead atoms. The molecule has 0 spiro atoms. The molecule has 3 nitrogen and oxygen atoms in total. The van der Waals surface area contributed by atoms with E-state index in [1.807, 2.05) is 25.1 Å². The third-order valence-electron chi connectivity index (χ3n) is 4.71. The minimum atomic E-state index is 0.245. The van der Waals surface area contributed by atoms with Crippen LogP contribution in [0.4, 0.5) is 0 Å². The van der Waals surface area contributed by atoms with Crippen molar-refractivity contribution in [1.29, 1.82) is 0 Å². The lowest BCUT2D eigenvalue weighted by atomic mass is 9.87. The van der Waals surface area contributed by atoms with E-state index in [0.29, 0.717) is 0 Å². The number of fused-ring (bicyclic) bond motifs is 4. The first kappa shape index (κ1) is 13.5. The van der Waals surface area contributed by atoms with Gasteiger partial charge in [-0.15, -0.1) is 0 Å². The number of para-hydroxylation sites is 1. The van der Waals surface area contributed by atoms with Crippen molar-refractivity contribution in [3.8, 4) is 0 Å². The number of allylic oxidation sites excluding steroid dienone is 4. The first-order valence-electron chi connectivity index (χ1n) is 8.22. The zero-order valence-corrected chi connectivity index (χ0v) is 13.4. The predicted molar refractivity (Wildman–Crippen MR) is 98.7 cm³/mol. The Hall–Kier alpha value is -2.94. The van der Waals surface area contributed by atoms with Crippen LogP contribution in [0, 0.1) is 5.92 Å². The van der Waals surface area contributed by atoms with Gasteiger partial charge in [-0.1, -0.05) is 30.4 Å². The van der Waals surface area contributed by atoms with Crippen molar-refractivity contribution in [1.82, 2.24) is 0 Å². The minimum absolute atomic E-state index is 0.245. The van der Waals surface area contributed by atoms with Crippen molar-refractivity contribution < 1.29 is 4.42 Å². The van der Waals surface area contributed by atoms with Crippen molar-refractivity contribution in [3.63, 3.8) is 0 Å². The maximum atomic E-state index is 5.94. The van der Waals surface area contributed by atoms with E-state index in [9.17, 15) is 0 Å². The highest BCUT2D eigenvalue weighted by molar-refractivity contribution is 6.14. The lowest BCUT2D eigenvalue weighted by Gasteiger charge is -2.24. The van der Waals surface area contributed by atoms with E-state index in [2.05, 4.69) is 47.5 Å². The molecule has 1 aliphatic heterocycles. The molecule has 0 saturated heterocycles. The van der Waals surface area contributed by atoms with E-state index < -0.39 is 0 Å². The zero-order valence-electron chi connectivity index (χ0n) is 13.4. The quantitative estimate of drug-likeness (QED) is 0.603. The highest BCUT2D eigenvalue weighted by Crippen LogP contribution is 2.33. The van der Waals surface area contributed by atoms with Crippen LogP contribution in [-0.4, -0.2) is 11.5 Å². The Kier molecular flexibility index (Phi) is 2.83. The lowest BCUT2D eigenvalue weighted by molar-refractivity contribution is 0.669. The molecular weight excluding hydrogens is 296 g/mol. The fourth-order valence-electron chi connectivity index (χ4n) is 3.60. The largest absolute Gasteiger partial charge is 0.456 e. The number of nitrogens with zero attached hydrogens (tertiary/aromatic N) is 2. The van der Waals surface area contributed by atoms with Gasteiger partial charge in [0.15, 0.2) is 0 Å². The van der Waals surface area contributed by atoms with Crippen molar-refractivity contribution in [2.75, 3.05) is 0 Å². The van der Waals surface area contributed by atoms with E-state index in [0.717, 1.165) is 51.2 Å². The summed E-state index contributed by atoms with van der Waals surface area (Å²) >= 11 is 0. The summed E-state index contributed by atoms with van der Waals surface area (Å²) in [6.07, 6.45) is 7.31. The highest BCUT2D eigenvalue weighted by atomic mass is 16.3. The molecule has 2 aromatic carbocycles. The van der Waals surface area contributed by atoms with Crippen LogP contribution in [0.25, 0.3) is 21.9 Å². The SMILES string of the molecule is CC1=NC2=CC=CCC2C(c2ccc3oc4ccccc4c3c2)=N1. The normalized spacial score (nSPS) is 19.9. The van der Waals surface area contributed by atoms with Crippen molar-refractivity contribution in [3.05, 3.63) is 72.0 Å². The Labute approximate surface area is 139 Å². The Morgan fingerprint density at radius 2 is 1.88 bits per heavy atom. The number of aliphatic imine (C=N–C) groups is 2. The standard InChI is InChI=1S/C21H16N2O/c1-13-22-18-8-4-2-7-16(18)21(23-13)14-10-11-20-17(12-14)15-6-3-5-9-19(15)24-20/h2-6,8-12,16H,7H2,1H3. The van der Waals surface area contributed by atoms with Crippen LogP contribution in [0.3, 0.4) is 0 Å². The Morgan fingerprint density at radius 3 is 2.83 bits per heavy atom. The summed E-state index contributed by atoms with van der Waals surface area (Å²) < 4.78 is 5.94. The molecule has 3 heteroatoms. The molecule has 1 aliphatic carbocycles. The summed E-state index contributed by atoms with van der Waals surface area (Å²) in [7, 11) is 0. The summed E-state index contributed by atoms with van der Waals surface area (Å²) in [5.74, 6) is 1.06. The third-order valence-corrected chi connectivity index (χ3v) is 4.71. The topological polar surface area (TPSA) is 37.9 Å². The second kappa shape index (κ2) is 5.03. The molecule has 0 saturated carbocycles. The summed E-state index contributed by atoms with van der Waals surface area (Å²) in [5.41, 5.74) is 5.20. The molecule has 1 aromatic heterocycles. The first-order valence-corrected chi connectivity index (χ1v) is 8.22. The number of hydrogen-bond donors (Lipinski definition) is 0. The van der Waals surface area contributed by atoms with Gasteiger partial charge >= 0.3 is 0 Å². The van der Waals surface area contributed by atoms with Gasteiger partial charge in [-0.3, -0.25) is 0 Å². The van der Waals surface area contributed by atoms with Gasteiger partial charge < -0.3 is 4.42 Å². The van der Waals surface area contributed by atoms with Gasteiger partial charge in [-0.2, -0.15) is 0 Å². The van der Waals surface area contributed by atoms with Crippen molar-refractivity contribution >= 4 is 33.5 Å². The predicted octanol–water partition coefficient (Wildman–Crippen LogP) is 5.27. The Morgan fingerprint density at radius 1 is 1.00 bits per heavy atom. The van der Waals surface area contributed by atoms with E-state index in [1.165, 1.54) is 0 Å². The monoisotopic (exact) mass is 312 g/mol. The molecule has 1 unspecified atom stereocenters. The molecule has 24 heavy (non-hydrogen) atoms. The molecule has 5 rings (SSSR count). The summed E-state index contributed by atoms with van der Waals surface area (Å²) in [5, 5.41) is 2.29. The number of hydrogen-bond acceptors (Lipinski definition) is 3. The van der Waals surface area contributed by atoms with E-state index in [4.69, 9.17) is 9.41 Å². The summed E-state index contributed by atoms with van der Waals surface area (Å²) in [4.78, 5) is 9.37. The van der Waals surface area contributed by atoms with Crippen LogP contribution in [-0.2, 0) is 0 Å². The zero-order chi connectivity index (χ0) is 16.1. The van der Waals surface area contributed by atoms with Crippen LogP contribution in [0.5, 0.6) is 0 Å². The van der Waals surface area contributed by atoms with Gasteiger partial charge in [0.2, 0.25) is 0 Å². The number of amidine groups is 1. The van der Waals surface area contributed by atoms with Crippen LogP contribution >= 0.6 is 0 Å². The molecule has 0 amide bonds. The molecule has 2 heterocycles. The van der Waals surface area contributed by atoms with E-state index >= 15 is 0 Å². The highest BCUT2D eigenvalue weighted by Gasteiger charge is 2.26. The first-order chi connectivity index (χ1) is 11.8. The Balaban J connectivity index is 1.71. The average molecular weight is 312 g/mol. The molecular formula is C21H16N2O. The summed E-state index contributed by atoms with van der Waals surface area (Å²) in [6.45, 7) is 1.96. The van der Waals surface area contributed by atoms with Gasteiger partial charge in [-0.25, -0.2) is 9.98 Å². The Bertz CT molecular complexity index is 1100. The second-order valence-electron chi connectivity index (χ2n) is 6.27. The van der Waals surface area contributed by atoms with Gasteiger partial charge in [-0.05, 0) is 49.2 Å². The van der Waals surface area contributed by atoms with Gasteiger partial charge in [0.25, 0.3) is 0 Å². The average Bonchev–Trinajstić information content (AvgIpc) is 2.99. The fraction of sp³-hybridized carbons (Fsp3) is 0.143. The van der Waals surface area contributed by atoms with Crippen LogP contribution in [0.15, 0.2) is 80.8 Å². The minimum Gasteiger partial charge on any atom is -0.456 e. The van der Waals surface area contributed by atoms with E-state index in [1.54, 1.807) is 0 Å². The van der Waals surface area contributed by atoms with Gasteiger partial charge in [0, 0.05) is 16.7 Å². The lowest BCUT2D eigenvalue weighted by Crippen LogP contribution is -2.23.